The fourth-order valence-corrected chi connectivity index (χ4v) is 2.36. The lowest BCUT2D eigenvalue weighted by Crippen LogP contribution is -2.39. The van der Waals surface area contributed by atoms with Gasteiger partial charge in [-0.05, 0) is 25.8 Å². The Morgan fingerprint density at radius 3 is 3.06 bits per heavy atom. The van der Waals surface area contributed by atoms with E-state index in [1.807, 2.05) is 6.92 Å². The van der Waals surface area contributed by atoms with Gasteiger partial charge in [0.1, 0.15) is 12.2 Å². The van der Waals surface area contributed by atoms with Crippen LogP contribution in [0.15, 0.2) is 6.33 Å². The third kappa shape index (κ3) is 3.07. The number of nitrogens with two attached hydrogens (primary N) is 1. The molecule has 1 aromatic rings. The molecule has 0 amide bonds. The van der Waals surface area contributed by atoms with Crippen molar-refractivity contribution in [3.8, 4) is 0 Å². The first-order valence-electron chi connectivity index (χ1n) is 6.68. The molecule has 2 heterocycles. The number of aromatic nitrogens is 3. The van der Waals surface area contributed by atoms with Crippen LogP contribution in [-0.4, -0.2) is 50.0 Å². The minimum atomic E-state index is -0.685. The van der Waals surface area contributed by atoms with Gasteiger partial charge in [0.05, 0.1) is 12.1 Å². The van der Waals surface area contributed by atoms with Crippen molar-refractivity contribution < 1.29 is 5.11 Å². The Hall–Kier alpha value is -0.980. The van der Waals surface area contributed by atoms with Gasteiger partial charge >= 0.3 is 0 Å². The molecule has 3 N–H and O–H groups in total. The second-order valence-electron chi connectivity index (χ2n) is 5.10. The minimum Gasteiger partial charge on any atom is -0.389 e. The summed E-state index contributed by atoms with van der Waals surface area (Å²) in [5.41, 5.74) is 4.92. The molecule has 6 nitrogen and oxygen atoms in total. The lowest BCUT2D eigenvalue weighted by molar-refractivity contribution is 0.0307. The molecule has 0 aliphatic carbocycles. The summed E-state index contributed by atoms with van der Waals surface area (Å²) in [5.74, 6) is 1.03. The zero-order chi connectivity index (χ0) is 13.0. The predicted octanol–water partition coefficient (Wildman–Crippen LogP) is -0.0263. The molecule has 0 aromatic carbocycles. The van der Waals surface area contributed by atoms with Crippen LogP contribution in [-0.2, 0) is 13.1 Å². The summed E-state index contributed by atoms with van der Waals surface area (Å²) in [6.45, 7) is 6.14. The Kier molecular flexibility index (Phi) is 4.31. The van der Waals surface area contributed by atoms with Crippen LogP contribution in [0.2, 0.25) is 0 Å². The van der Waals surface area contributed by atoms with Crippen LogP contribution in [0.3, 0.4) is 0 Å². The van der Waals surface area contributed by atoms with Gasteiger partial charge in [-0.3, -0.25) is 4.90 Å². The van der Waals surface area contributed by atoms with Gasteiger partial charge in [0, 0.05) is 19.6 Å². The Morgan fingerprint density at radius 1 is 1.50 bits per heavy atom. The molecule has 1 aliphatic heterocycles. The molecular formula is C12H23N5O. The highest BCUT2D eigenvalue weighted by Crippen LogP contribution is 2.17. The molecule has 2 rings (SSSR count). The van der Waals surface area contributed by atoms with Crippen molar-refractivity contribution in [3.63, 3.8) is 0 Å². The van der Waals surface area contributed by atoms with E-state index in [9.17, 15) is 5.11 Å². The summed E-state index contributed by atoms with van der Waals surface area (Å²) < 4.78 is 2.10. The largest absolute Gasteiger partial charge is 0.389 e. The number of aliphatic hydroxyl groups is 1. The zero-order valence-corrected chi connectivity index (χ0v) is 11.0. The van der Waals surface area contributed by atoms with Crippen molar-refractivity contribution >= 4 is 0 Å². The van der Waals surface area contributed by atoms with E-state index in [-0.39, 0.29) is 0 Å². The van der Waals surface area contributed by atoms with Crippen LogP contribution in [0, 0.1) is 0 Å². The Bertz CT molecular complexity index is 374. The van der Waals surface area contributed by atoms with Crippen molar-refractivity contribution in [2.24, 2.45) is 5.73 Å². The topological polar surface area (TPSA) is 80.2 Å². The first kappa shape index (κ1) is 13.5. The zero-order valence-electron chi connectivity index (χ0n) is 11.0. The van der Waals surface area contributed by atoms with E-state index >= 15 is 0 Å². The minimum absolute atomic E-state index is 0.345. The van der Waals surface area contributed by atoms with E-state index in [0.717, 1.165) is 51.3 Å². The molecule has 0 bridgehead atoms. The molecule has 0 saturated carbocycles. The normalized spacial score (nSPS) is 19.5. The molecule has 0 saturated heterocycles. The van der Waals surface area contributed by atoms with Crippen molar-refractivity contribution in [1.29, 1.82) is 0 Å². The van der Waals surface area contributed by atoms with Crippen molar-refractivity contribution in [1.82, 2.24) is 19.7 Å². The van der Waals surface area contributed by atoms with E-state index in [0.29, 0.717) is 6.54 Å². The molecule has 0 radical (unpaired) electrons. The van der Waals surface area contributed by atoms with Crippen LogP contribution in [0.1, 0.15) is 32.0 Å². The Labute approximate surface area is 108 Å². The van der Waals surface area contributed by atoms with E-state index in [1.165, 1.54) is 0 Å². The van der Waals surface area contributed by atoms with Crippen LogP contribution in [0.4, 0.5) is 0 Å². The number of hydrogen-bond acceptors (Lipinski definition) is 5. The van der Waals surface area contributed by atoms with Gasteiger partial charge in [-0.15, -0.1) is 10.2 Å². The molecule has 1 aliphatic rings. The van der Waals surface area contributed by atoms with Crippen LogP contribution in [0.25, 0.3) is 0 Å². The first-order valence-corrected chi connectivity index (χ1v) is 6.68. The number of hydrogen-bond donors (Lipinski definition) is 2. The molecular weight excluding hydrogens is 230 g/mol. The van der Waals surface area contributed by atoms with Gasteiger partial charge in [-0.25, -0.2) is 0 Å². The van der Waals surface area contributed by atoms with Crippen molar-refractivity contribution in [2.45, 2.75) is 44.9 Å². The van der Waals surface area contributed by atoms with E-state index < -0.39 is 5.60 Å². The summed E-state index contributed by atoms with van der Waals surface area (Å²) in [4.78, 5) is 2.36. The Morgan fingerprint density at radius 2 is 2.33 bits per heavy atom. The monoisotopic (exact) mass is 253 g/mol. The maximum atomic E-state index is 10.1. The van der Waals surface area contributed by atoms with Crippen LogP contribution < -0.4 is 5.73 Å². The van der Waals surface area contributed by atoms with Crippen LogP contribution >= 0.6 is 0 Å². The molecule has 1 unspecified atom stereocenters. The SMILES string of the molecule is CCC(O)(CN)CCCN1CCn2cnnc2C1. The van der Waals surface area contributed by atoms with Crippen molar-refractivity contribution in [3.05, 3.63) is 12.2 Å². The smallest absolute Gasteiger partial charge is 0.147 e. The second-order valence-corrected chi connectivity index (χ2v) is 5.10. The first-order chi connectivity index (χ1) is 8.67. The second kappa shape index (κ2) is 5.77. The highest BCUT2D eigenvalue weighted by atomic mass is 16.3. The third-order valence-electron chi connectivity index (χ3n) is 3.87. The molecule has 0 spiro atoms. The Balaban J connectivity index is 1.76. The summed E-state index contributed by atoms with van der Waals surface area (Å²) in [7, 11) is 0. The lowest BCUT2D eigenvalue weighted by atomic mass is 9.95. The number of nitrogens with zero attached hydrogens (tertiary/aromatic N) is 4. The average molecular weight is 253 g/mol. The van der Waals surface area contributed by atoms with Gasteiger partial charge in [-0.2, -0.15) is 0 Å². The van der Waals surface area contributed by atoms with Gasteiger partial charge in [0.2, 0.25) is 0 Å². The number of fused-ring (bicyclic) bond motifs is 1. The standard InChI is InChI=1S/C12H23N5O/c1-2-12(18,9-13)4-3-5-16-6-7-17-10-14-15-11(17)8-16/h10,18H,2-9,13H2,1H3. The summed E-state index contributed by atoms with van der Waals surface area (Å²) in [6.07, 6.45) is 4.24. The maximum Gasteiger partial charge on any atom is 0.147 e. The highest BCUT2D eigenvalue weighted by Gasteiger charge is 2.23. The van der Waals surface area contributed by atoms with Crippen LogP contribution in [0.5, 0.6) is 0 Å². The fraction of sp³-hybridized carbons (Fsp3) is 0.833. The summed E-state index contributed by atoms with van der Waals surface area (Å²) in [5, 5.41) is 18.1. The third-order valence-corrected chi connectivity index (χ3v) is 3.87. The molecule has 1 aromatic heterocycles. The summed E-state index contributed by atoms with van der Waals surface area (Å²) >= 11 is 0. The van der Waals surface area contributed by atoms with E-state index in [2.05, 4.69) is 19.7 Å². The molecule has 0 fully saturated rings. The van der Waals surface area contributed by atoms with E-state index in [1.54, 1.807) is 6.33 Å². The predicted molar refractivity (Wildman–Crippen MR) is 68.8 cm³/mol. The van der Waals surface area contributed by atoms with Gasteiger partial charge in [0.15, 0.2) is 0 Å². The molecule has 1 atom stereocenters. The molecule has 102 valence electrons. The highest BCUT2D eigenvalue weighted by molar-refractivity contribution is 4.90. The van der Waals surface area contributed by atoms with Gasteiger partial charge < -0.3 is 15.4 Å². The molecule has 6 heteroatoms. The number of rotatable bonds is 6. The molecule has 18 heavy (non-hydrogen) atoms. The quantitative estimate of drug-likeness (QED) is 0.744. The maximum absolute atomic E-state index is 10.1. The average Bonchev–Trinajstić information content (AvgIpc) is 2.86. The fourth-order valence-electron chi connectivity index (χ4n) is 2.36. The summed E-state index contributed by atoms with van der Waals surface area (Å²) in [6, 6.07) is 0. The van der Waals surface area contributed by atoms with Gasteiger partial charge in [-0.1, -0.05) is 6.92 Å². The van der Waals surface area contributed by atoms with Gasteiger partial charge in [0.25, 0.3) is 0 Å². The van der Waals surface area contributed by atoms with Crippen molar-refractivity contribution in [2.75, 3.05) is 19.6 Å². The van der Waals surface area contributed by atoms with E-state index in [4.69, 9.17) is 5.73 Å². The lowest BCUT2D eigenvalue weighted by Gasteiger charge is -2.29.